The van der Waals surface area contributed by atoms with Crippen LogP contribution in [0.1, 0.15) is 123 Å². The molecule has 4 amide bonds. The fourth-order valence-corrected chi connectivity index (χ4v) is 10.8. The van der Waals surface area contributed by atoms with Crippen molar-refractivity contribution in [3.8, 4) is 16.5 Å². The van der Waals surface area contributed by atoms with Gasteiger partial charge in [-0.2, -0.15) is 5.26 Å². The molecule has 0 saturated carbocycles. The van der Waals surface area contributed by atoms with Crippen molar-refractivity contribution in [1.82, 2.24) is 30.8 Å². The fraction of sp³-hybridized carbons (Fsp3) is 0.442. The van der Waals surface area contributed by atoms with E-state index in [0.29, 0.717) is 42.6 Å². The maximum atomic E-state index is 14.1. The molecule has 15 heteroatoms. The van der Waals surface area contributed by atoms with Crippen molar-refractivity contribution >= 4 is 57.3 Å². The van der Waals surface area contributed by atoms with Crippen LogP contribution in [0, 0.1) is 23.7 Å². The minimum absolute atomic E-state index is 0.0193. The predicted molar refractivity (Wildman–Crippen MR) is 259 cm³/mol. The number of likely N-dealkylation sites (tertiary alicyclic amines) is 1. The van der Waals surface area contributed by atoms with E-state index in [1.165, 1.54) is 4.90 Å². The van der Waals surface area contributed by atoms with E-state index in [0.717, 1.165) is 61.5 Å². The Labute approximate surface area is 395 Å². The number of piperidine rings is 1. The second-order valence-electron chi connectivity index (χ2n) is 19.9. The van der Waals surface area contributed by atoms with Gasteiger partial charge in [0.05, 0.1) is 39.4 Å². The van der Waals surface area contributed by atoms with Gasteiger partial charge in [-0.1, -0.05) is 71.9 Å². The lowest BCUT2D eigenvalue weighted by Gasteiger charge is -2.38. The highest BCUT2D eigenvalue weighted by Gasteiger charge is 2.45. The Morgan fingerprint density at radius 2 is 1.75 bits per heavy atom. The average Bonchev–Trinajstić information content (AvgIpc) is 4.04. The molecule has 0 bridgehead atoms. The first kappa shape index (κ1) is 47.1. The second-order valence-corrected chi connectivity index (χ2v) is 20.7. The predicted octanol–water partition coefficient (Wildman–Crippen LogP) is 6.58. The number of H-pyrrole nitrogens is 1. The zero-order valence-corrected chi connectivity index (χ0v) is 40.2. The van der Waals surface area contributed by atoms with Gasteiger partial charge in [0.1, 0.15) is 12.1 Å². The summed E-state index contributed by atoms with van der Waals surface area (Å²) >= 11 is 1.57. The number of rotatable bonds is 12. The lowest BCUT2D eigenvalue weighted by molar-refractivity contribution is -0.144. The Bertz CT molecular complexity index is 2790. The minimum atomic E-state index is -1.00. The zero-order valence-electron chi connectivity index (χ0n) is 39.3. The van der Waals surface area contributed by atoms with Crippen LogP contribution < -0.4 is 20.9 Å². The number of fused-ring (bicyclic) bond motifs is 4. The molecule has 5 aromatic rings. The summed E-state index contributed by atoms with van der Waals surface area (Å²) < 4.78 is 0. The molecular weight excluding hydrogens is 865 g/mol. The Morgan fingerprint density at radius 3 is 2.40 bits per heavy atom. The van der Waals surface area contributed by atoms with Crippen LogP contribution in [0.3, 0.4) is 0 Å². The van der Waals surface area contributed by atoms with E-state index in [-0.39, 0.29) is 56.0 Å². The van der Waals surface area contributed by atoms with Crippen molar-refractivity contribution in [3.05, 3.63) is 105 Å². The Hall–Kier alpha value is -6.37. The highest BCUT2D eigenvalue weighted by atomic mass is 32.1. The summed E-state index contributed by atoms with van der Waals surface area (Å²) in [4.78, 5) is 81.0. The van der Waals surface area contributed by atoms with Crippen molar-refractivity contribution in [2.45, 2.75) is 123 Å². The third kappa shape index (κ3) is 9.47. The topological polar surface area (TPSA) is 201 Å². The highest BCUT2D eigenvalue weighted by Crippen LogP contribution is 2.46. The van der Waals surface area contributed by atoms with Crippen molar-refractivity contribution in [3.63, 3.8) is 0 Å². The number of aliphatic hydroxyl groups is 1. The highest BCUT2D eigenvalue weighted by molar-refractivity contribution is 7.13. The van der Waals surface area contributed by atoms with Gasteiger partial charge in [0.15, 0.2) is 5.78 Å². The number of nitriles is 1. The van der Waals surface area contributed by atoms with Crippen LogP contribution >= 0.6 is 11.3 Å². The summed E-state index contributed by atoms with van der Waals surface area (Å²) in [5.41, 5.74) is 10.1. The number of aryl methyl sites for hydroxylation is 2. The number of amides is 4. The smallest absolute Gasteiger partial charge is 0.246 e. The average molecular weight is 925 g/mol. The van der Waals surface area contributed by atoms with E-state index in [2.05, 4.69) is 63.7 Å². The quantitative estimate of drug-likeness (QED) is 0.0917. The first-order chi connectivity index (χ1) is 31.9. The molecule has 0 radical (unpaired) electrons. The normalized spacial score (nSPS) is 18.5. The lowest BCUT2D eigenvalue weighted by atomic mass is 9.70. The Balaban J connectivity index is 0.842. The minimum Gasteiger partial charge on any atom is -0.391 e. The van der Waals surface area contributed by atoms with Gasteiger partial charge < -0.3 is 35.8 Å². The number of benzene rings is 3. The Kier molecular flexibility index (Phi) is 13.2. The SMILES string of the molecule is CCc1cc2c(cc1N1CCC(NC(=O)CCC(=O)NC(C(=O)N3C[C@H](O)C[C@H]3C(=O)NCc3ccc(-c4scnc4C)cc3)C(C)(C)C)CC1)C(C)(C)c1[nH]c3cc(C#N)ccc3c1C2=O. The number of ketones is 1. The number of carbonyl (C=O) groups excluding carboxylic acids is 5. The summed E-state index contributed by atoms with van der Waals surface area (Å²) in [6.07, 6.45) is 1.14. The maximum Gasteiger partial charge on any atom is 0.246 e. The fourth-order valence-electron chi connectivity index (χ4n) is 9.96. The van der Waals surface area contributed by atoms with Gasteiger partial charge >= 0.3 is 0 Å². The van der Waals surface area contributed by atoms with Crippen molar-refractivity contribution < 1.29 is 29.1 Å². The molecule has 2 aromatic heterocycles. The Morgan fingerprint density at radius 1 is 1.03 bits per heavy atom. The lowest BCUT2D eigenvalue weighted by Crippen LogP contribution is -2.57. The van der Waals surface area contributed by atoms with Crippen molar-refractivity contribution in [1.29, 1.82) is 5.26 Å². The van der Waals surface area contributed by atoms with Crippen LogP contribution in [-0.4, -0.2) is 93.3 Å². The third-order valence-electron chi connectivity index (χ3n) is 13.8. The van der Waals surface area contributed by atoms with Gasteiger partial charge in [0, 0.05) is 84.7 Å². The van der Waals surface area contributed by atoms with Gasteiger partial charge in [0.2, 0.25) is 23.6 Å². The van der Waals surface area contributed by atoms with E-state index in [4.69, 9.17) is 0 Å². The number of hydrogen-bond donors (Lipinski definition) is 5. The number of thiazole rings is 1. The number of aromatic amines is 1. The molecule has 2 saturated heterocycles. The van der Waals surface area contributed by atoms with E-state index >= 15 is 0 Å². The second kappa shape index (κ2) is 18.7. The third-order valence-corrected chi connectivity index (χ3v) is 14.8. The molecule has 1 unspecified atom stereocenters. The summed E-state index contributed by atoms with van der Waals surface area (Å²) in [6.45, 7) is 15.4. The molecule has 1 aliphatic carbocycles. The largest absolute Gasteiger partial charge is 0.391 e. The molecule has 14 nitrogen and oxygen atoms in total. The summed E-state index contributed by atoms with van der Waals surface area (Å²) in [5.74, 6) is -1.57. The number of hydrogen-bond acceptors (Lipinski definition) is 10. The summed E-state index contributed by atoms with van der Waals surface area (Å²) in [5, 5.41) is 29.9. The van der Waals surface area contributed by atoms with Crippen LogP contribution in [0.25, 0.3) is 21.3 Å². The molecule has 67 heavy (non-hydrogen) atoms. The number of aromatic nitrogens is 2. The standard InChI is InChI=1S/C52H60N8O6S/c1-8-32-22-37-38(52(6,7)47-44(45(37)64)36-14-11-31(25-53)21-39(36)57-47)24-40(32)59-19-17-34(18-20-59)56-42(62)15-16-43(63)58-48(51(3,4)5)50(66)60-27-35(61)23-41(60)49(65)54-26-30-9-12-33(13-10-30)46-29(2)55-28-67-46/h9-14,21-22,24,28,34-35,41,48,57,61H,8,15-20,23,26-27H2,1-7H3,(H,54,65)(H,56,62)(H,58,63)/t35-,41+,48?/m1/s1. The molecule has 2 fully saturated rings. The first-order valence-corrected chi connectivity index (χ1v) is 24.1. The van der Waals surface area contributed by atoms with Crippen LogP contribution in [0.2, 0.25) is 0 Å². The van der Waals surface area contributed by atoms with Gasteiger partial charge in [0.25, 0.3) is 0 Å². The molecule has 5 N–H and O–H groups in total. The molecule has 8 rings (SSSR count). The van der Waals surface area contributed by atoms with Crippen LogP contribution in [0.15, 0.2) is 60.1 Å². The molecule has 350 valence electrons. The molecule has 3 aromatic carbocycles. The summed E-state index contributed by atoms with van der Waals surface area (Å²) in [7, 11) is 0. The zero-order chi connectivity index (χ0) is 47.9. The van der Waals surface area contributed by atoms with E-state index in [9.17, 15) is 34.3 Å². The van der Waals surface area contributed by atoms with Gasteiger partial charge in [-0.3, -0.25) is 24.0 Å². The molecule has 3 aliphatic rings. The molecule has 2 aliphatic heterocycles. The number of anilines is 1. The van der Waals surface area contributed by atoms with Crippen LogP contribution in [0.5, 0.6) is 0 Å². The van der Waals surface area contributed by atoms with Gasteiger partial charge in [-0.25, -0.2) is 4.98 Å². The van der Waals surface area contributed by atoms with Crippen molar-refractivity contribution in [2.75, 3.05) is 24.5 Å². The molecular formula is C52H60N8O6S. The maximum absolute atomic E-state index is 14.1. The number of β-amino-alcohol motifs (C(OH)–C–C–N with tert-alkyl or cyclic N) is 1. The number of carbonyl (C=O) groups is 5. The van der Waals surface area contributed by atoms with Crippen molar-refractivity contribution in [2.24, 2.45) is 5.41 Å². The number of nitrogens with zero attached hydrogens (tertiary/aromatic N) is 4. The van der Waals surface area contributed by atoms with E-state index in [1.54, 1.807) is 23.5 Å². The molecule has 4 heterocycles. The van der Waals surface area contributed by atoms with E-state index < -0.39 is 40.8 Å². The van der Waals surface area contributed by atoms with E-state index in [1.807, 2.05) is 69.6 Å². The molecule has 3 atom stereocenters. The first-order valence-electron chi connectivity index (χ1n) is 23.3. The van der Waals surface area contributed by atoms with Gasteiger partial charge in [-0.15, -0.1) is 11.3 Å². The van der Waals surface area contributed by atoms with Gasteiger partial charge in [-0.05, 0) is 78.1 Å². The number of nitrogens with one attached hydrogen (secondary N) is 4. The summed E-state index contributed by atoms with van der Waals surface area (Å²) in [6, 6.07) is 17.7. The number of aliphatic hydroxyl groups excluding tert-OH is 1. The van der Waals surface area contributed by atoms with Crippen LogP contribution in [-0.2, 0) is 37.6 Å². The van der Waals surface area contributed by atoms with Crippen LogP contribution in [0.4, 0.5) is 5.69 Å². The molecule has 0 spiro atoms. The monoisotopic (exact) mass is 924 g/mol.